The first kappa shape index (κ1) is 19.1. The third-order valence-electron chi connectivity index (χ3n) is 4.41. The molecular weight excluding hydrogens is 414 g/mol. The van der Waals surface area contributed by atoms with Crippen molar-refractivity contribution in [3.8, 4) is 5.75 Å². The number of Topliss-reactive ketones (excluding diaryl/α,β-unsaturated/α-hetero) is 1. The fourth-order valence-corrected chi connectivity index (χ4v) is 3.40. The lowest BCUT2D eigenvalue weighted by Gasteiger charge is -2.24. The van der Waals surface area contributed by atoms with Crippen molar-refractivity contribution in [2.45, 2.75) is 6.04 Å². The normalized spacial score (nSPS) is 18.8. The van der Waals surface area contributed by atoms with Gasteiger partial charge in [-0.15, -0.1) is 0 Å². The quantitative estimate of drug-likeness (QED) is 0.431. The highest BCUT2D eigenvalue weighted by molar-refractivity contribution is 9.10. The van der Waals surface area contributed by atoms with E-state index < -0.39 is 17.7 Å². The number of ether oxygens (including phenoxy) is 1. The Labute approximate surface area is 164 Å². The van der Waals surface area contributed by atoms with Crippen LogP contribution < -0.4 is 4.74 Å². The van der Waals surface area contributed by atoms with E-state index in [0.29, 0.717) is 16.9 Å². The SMILES string of the molecule is COc1cccc(C2/C(=C(/O)c3ccc(Br)cc3)C(=O)C(=O)N2CCO)c1. The van der Waals surface area contributed by atoms with Crippen molar-refractivity contribution in [3.63, 3.8) is 0 Å². The van der Waals surface area contributed by atoms with Crippen LogP contribution in [0, 0.1) is 0 Å². The summed E-state index contributed by atoms with van der Waals surface area (Å²) in [4.78, 5) is 26.5. The molecule has 1 amide bonds. The van der Waals surface area contributed by atoms with Crippen molar-refractivity contribution >= 4 is 33.4 Å². The Balaban J connectivity index is 2.18. The van der Waals surface area contributed by atoms with Crippen LogP contribution in [0.3, 0.4) is 0 Å². The number of nitrogens with zero attached hydrogens (tertiary/aromatic N) is 1. The van der Waals surface area contributed by atoms with Crippen molar-refractivity contribution in [2.75, 3.05) is 20.3 Å². The molecule has 1 aliphatic rings. The minimum atomic E-state index is -0.809. The van der Waals surface area contributed by atoms with E-state index in [1.54, 1.807) is 48.5 Å². The molecule has 27 heavy (non-hydrogen) atoms. The number of likely N-dealkylation sites (tertiary alicyclic amines) is 1. The molecule has 1 heterocycles. The highest BCUT2D eigenvalue weighted by Gasteiger charge is 2.45. The number of hydrogen-bond donors (Lipinski definition) is 2. The fraction of sp³-hybridized carbons (Fsp3) is 0.200. The van der Waals surface area contributed by atoms with Gasteiger partial charge >= 0.3 is 0 Å². The molecule has 140 valence electrons. The Morgan fingerprint density at radius 3 is 2.52 bits per heavy atom. The number of benzene rings is 2. The van der Waals surface area contributed by atoms with Crippen LogP contribution >= 0.6 is 15.9 Å². The molecule has 3 rings (SSSR count). The standard InChI is InChI=1S/C20H18BrNO5/c1-27-15-4-2-3-13(11-15)17-16(19(25)20(26)22(17)9-10-23)18(24)12-5-7-14(21)8-6-12/h2-8,11,17,23-24H,9-10H2,1H3/b18-16-. The molecular formula is C20H18BrNO5. The first-order chi connectivity index (χ1) is 13.0. The van der Waals surface area contributed by atoms with E-state index in [1.807, 2.05) is 0 Å². The van der Waals surface area contributed by atoms with E-state index in [9.17, 15) is 19.8 Å². The summed E-state index contributed by atoms with van der Waals surface area (Å²) in [6.07, 6.45) is 0. The van der Waals surface area contributed by atoms with E-state index in [4.69, 9.17) is 4.74 Å². The lowest BCUT2D eigenvalue weighted by Crippen LogP contribution is -2.32. The molecule has 0 saturated carbocycles. The zero-order valence-electron chi connectivity index (χ0n) is 14.6. The summed E-state index contributed by atoms with van der Waals surface area (Å²) in [5, 5.41) is 20.2. The minimum absolute atomic E-state index is 0.0102. The van der Waals surface area contributed by atoms with Crippen molar-refractivity contribution in [1.82, 2.24) is 4.90 Å². The summed E-state index contributed by atoms with van der Waals surface area (Å²) >= 11 is 3.33. The van der Waals surface area contributed by atoms with E-state index in [1.165, 1.54) is 12.0 Å². The van der Waals surface area contributed by atoms with Gasteiger partial charge in [0.05, 0.1) is 25.3 Å². The average molecular weight is 432 g/mol. The maximum Gasteiger partial charge on any atom is 0.295 e. The second kappa shape index (κ2) is 7.94. The van der Waals surface area contributed by atoms with Crippen LogP contribution in [0.25, 0.3) is 5.76 Å². The molecule has 6 nitrogen and oxygen atoms in total. The second-order valence-corrected chi connectivity index (χ2v) is 6.92. The summed E-state index contributed by atoms with van der Waals surface area (Å²) in [6, 6.07) is 12.9. The summed E-state index contributed by atoms with van der Waals surface area (Å²) in [7, 11) is 1.52. The molecule has 1 unspecified atom stereocenters. The Bertz CT molecular complexity index is 907. The maximum absolute atomic E-state index is 12.7. The smallest absolute Gasteiger partial charge is 0.295 e. The number of amides is 1. The van der Waals surface area contributed by atoms with Gasteiger partial charge in [-0.1, -0.05) is 40.2 Å². The number of aliphatic hydroxyl groups is 2. The van der Waals surface area contributed by atoms with Crippen LogP contribution in [0.15, 0.2) is 58.6 Å². The number of carbonyl (C=O) groups excluding carboxylic acids is 2. The summed E-state index contributed by atoms with van der Waals surface area (Å²) in [5.41, 5.74) is 1.03. The third-order valence-corrected chi connectivity index (χ3v) is 4.94. The molecule has 0 bridgehead atoms. The third kappa shape index (κ3) is 3.61. The van der Waals surface area contributed by atoms with Crippen LogP contribution in [-0.2, 0) is 9.59 Å². The largest absolute Gasteiger partial charge is 0.507 e. The van der Waals surface area contributed by atoms with Gasteiger partial charge in [0.15, 0.2) is 0 Å². The van der Waals surface area contributed by atoms with Crippen LogP contribution in [0.1, 0.15) is 17.2 Å². The van der Waals surface area contributed by atoms with Crippen molar-refractivity contribution < 1.29 is 24.5 Å². The summed E-state index contributed by atoms with van der Waals surface area (Å²) in [5.74, 6) is -1.23. The molecule has 2 aromatic carbocycles. The first-order valence-corrected chi connectivity index (χ1v) is 9.06. The van der Waals surface area contributed by atoms with E-state index >= 15 is 0 Å². The number of ketones is 1. The molecule has 1 fully saturated rings. The molecule has 0 aromatic heterocycles. The molecule has 2 aromatic rings. The van der Waals surface area contributed by atoms with E-state index in [2.05, 4.69) is 15.9 Å². The van der Waals surface area contributed by atoms with Crippen molar-refractivity contribution in [2.24, 2.45) is 0 Å². The Kier molecular flexibility index (Phi) is 5.62. The second-order valence-electron chi connectivity index (χ2n) is 6.00. The molecule has 7 heteroatoms. The highest BCUT2D eigenvalue weighted by atomic mass is 79.9. The van der Waals surface area contributed by atoms with Crippen LogP contribution in [0.4, 0.5) is 0 Å². The zero-order valence-corrected chi connectivity index (χ0v) is 16.1. The van der Waals surface area contributed by atoms with Crippen LogP contribution in [0.2, 0.25) is 0 Å². The van der Waals surface area contributed by atoms with Gasteiger partial charge in [-0.2, -0.15) is 0 Å². The molecule has 2 N–H and O–H groups in total. The average Bonchev–Trinajstić information content (AvgIpc) is 2.93. The molecule has 0 aliphatic carbocycles. The van der Waals surface area contributed by atoms with Gasteiger partial charge in [0.1, 0.15) is 11.5 Å². The van der Waals surface area contributed by atoms with E-state index in [0.717, 1.165) is 4.47 Å². The van der Waals surface area contributed by atoms with Gasteiger partial charge in [-0.3, -0.25) is 9.59 Å². The van der Waals surface area contributed by atoms with Gasteiger partial charge < -0.3 is 19.8 Å². The predicted octanol–water partition coefficient (Wildman–Crippen LogP) is 2.87. The number of methoxy groups -OCH3 is 1. The number of carbonyl (C=O) groups is 2. The minimum Gasteiger partial charge on any atom is -0.507 e. The van der Waals surface area contributed by atoms with Gasteiger partial charge in [0, 0.05) is 16.6 Å². The first-order valence-electron chi connectivity index (χ1n) is 8.27. The van der Waals surface area contributed by atoms with Gasteiger partial charge in [-0.25, -0.2) is 0 Å². The lowest BCUT2D eigenvalue weighted by atomic mass is 9.95. The monoisotopic (exact) mass is 431 g/mol. The predicted molar refractivity (Wildman–Crippen MR) is 103 cm³/mol. The van der Waals surface area contributed by atoms with E-state index in [-0.39, 0.29) is 24.5 Å². The molecule has 1 saturated heterocycles. The summed E-state index contributed by atoms with van der Waals surface area (Å²) < 4.78 is 6.06. The van der Waals surface area contributed by atoms with Gasteiger partial charge in [0.2, 0.25) is 0 Å². The number of hydrogen-bond acceptors (Lipinski definition) is 5. The van der Waals surface area contributed by atoms with Crippen molar-refractivity contribution in [1.29, 1.82) is 0 Å². The summed E-state index contributed by atoms with van der Waals surface area (Å²) in [6.45, 7) is -0.324. The van der Waals surface area contributed by atoms with Crippen molar-refractivity contribution in [3.05, 3.63) is 69.7 Å². The fourth-order valence-electron chi connectivity index (χ4n) is 3.14. The molecule has 0 radical (unpaired) electrons. The zero-order chi connectivity index (χ0) is 19.6. The highest BCUT2D eigenvalue weighted by Crippen LogP contribution is 2.40. The molecule has 1 aliphatic heterocycles. The Morgan fingerprint density at radius 1 is 1.19 bits per heavy atom. The molecule has 1 atom stereocenters. The van der Waals surface area contributed by atoms with Crippen LogP contribution in [-0.4, -0.2) is 47.1 Å². The number of halogens is 1. The topological polar surface area (TPSA) is 87.1 Å². The molecule has 0 spiro atoms. The van der Waals surface area contributed by atoms with Crippen LogP contribution in [0.5, 0.6) is 5.75 Å². The number of aliphatic hydroxyl groups excluding tert-OH is 2. The lowest BCUT2D eigenvalue weighted by molar-refractivity contribution is -0.140. The Morgan fingerprint density at radius 2 is 1.89 bits per heavy atom. The maximum atomic E-state index is 12.7. The Hall–Kier alpha value is -2.64. The number of rotatable bonds is 5. The number of β-amino-alcohol motifs (C(OH)–C–C–N with tert-alkyl or cyclic N) is 1. The van der Waals surface area contributed by atoms with Gasteiger partial charge in [-0.05, 0) is 29.8 Å². The van der Waals surface area contributed by atoms with Gasteiger partial charge in [0.25, 0.3) is 11.7 Å².